The van der Waals surface area contributed by atoms with Crippen LogP contribution in [0.25, 0.3) is 17.1 Å². The number of aromatic nitrogens is 5. The van der Waals surface area contributed by atoms with Crippen molar-refractivity contribution in [2.24, 2.45) is 7.05 Å². The van der Waals surface area contributed by atoms with Gasteiger partial charge in [-0.1, -0.05) is 12.1 Å². The lowest BCUT2D eigenvalue weighted by atomic mass is 10.1. The first kappa shape index (κ1) is 19.3. The van der Waals surface area contributed by atoms with E-state index >= 15 is 0 Å². The van der Waals surface area contributed by atoms with Crippen molar-refractivity contribution in [3.63, 3.8) is 0 Å². The molecule has 4 aromatic rings. The fourth-order valence-electron chi connectivity index (χ4n) is 2.95. The predicted octanol–water partition coefficient (Wildman–Crippen LogP) is 2.39. The molecular weight excluding hydrogens is 386 g/mol. The van der Waals surface area contributed by atoms with E-state index in [0.717, 1.165) is 11.3 Å². The lowest BCUT2D eigenvalue weighted by Gasteiger charge is -2.06. The number of carbonyl (C=O) groups excluding carboxylic acids is 1. The van der Waals surface area contributed by atoms with Crippen molar-refractivity contribution in [3.8, 4) is 17.1 Å². The van der Waals surface area contributed by atoms with Gasteiger partial charge in [0, 0.05) is 31.3 Å². The van der Waals surface area contributed by atoms with Gasteiger partial charge in [0.25, 0.3) is 0 Å². The van der Waals surface area contributed by atoms with Crippen LogP contribution in [0.2, 0.25) is 0 Å². The van der Waals surface area contributed by atoms with Crippen LogP contribution in [0.4, 0.5) is 0 Å². The molecule has 0 saturated carbocycles. The van der Waals surface area contributed by atoms with Crippen molar-refractivity contribution in [1.29, 1.82) is 0 Å². The summed E-state index contributed by atoms with van der Waals surface area (Å²) in [6, 6.07) is 8.88. The molecule has 0 N–H and O–H groups in total. The second kappa shape index (κ2) is 8.16. The number of hydrogen-bond acceptors (Lipinski definition) is 7. The minimum atomic E-state index is -0.558. The Labute approximate surface area is 171 Å². The predicted molar refractivity (Wildman–Crippen MR) is 107 cm³/mol. The van der Waals surface area contributed by atoms with E-state index < -0.39 is 5.97 Å². The van der Waals surface area contributed by atoms with Crippen molar-refractivity contribution in [3.05, 3.63) is 82.4 Å². The van der Waals surface area contributed by atoms with E-state index in [1.807, 2.05) is 37.5 Å². The summed E-state index contributed by atoms with van der Waals surface area (Å²) in [6.45, 7) is 1.98. The molecule has 0 aliphatic rings. The van der Waals surface area contributed by atoms with Gasteiger partial charge in [0.15, 0.2) is 0 Å². The maximum atomic E-state index is 12.3. The molecule has 0 aliphatic heterocycles. The summed E-state index contributed by atoms with van der Waals surface area (Å²) >= 11 is 0. The van der Waals surface area contributed by atoms with Crippen LogP contribution in [0, 0.1) is 0 Å². The fourth-order valence-corrected chi connectivity index (χ4v) is 2.95. The topological polar surface area (TPSA) is 105 Å². The molecule has 0 atom stereocenters. The smallest absolute Gasteiger partial charge is 0.375 e. The van der Waals surface area contributed by atoms with Gasteiger partial charge in [0.1, 0.15) is 11.4 Å². The highest BCUT2D eigenvalue weighted by molar-refractivity contribution is 5.86. The number of rotatable bonds is 6. The van der Waals surface area contributed by atoms with Gasteiger partial charge in [0.2, 0.25) is 17.1 Å². The van der Waals surface area contributed by atoms with Crippen LogP contribution in [0.5, 0.6) is 0 Å². The summed E-state index contributed by atoms with van der Waals surface area (Å²) in [5.74, 6) is -0.216. The first-order valence-electron chi connectivity index (χ1n) is 9.33. The van der Waals surface area contributed by atoms with Crippen LogP contribution in [0.15, 0.2) is 64.3 Å². The Morgan fingerprint density at radius 3 is 2.87 bits per heavy atom. The summed E-state index contributed by atoms with van der Waals surface area (Å²) in [6.07, 6.45) is 6.77. The molecule has 3 aromatic heterocycles. The maximum absolute atomic E-state index is 12.3. The number of carbonyl (C=O) groups is 1. The molecule has 0 unspecified atom stereocenters. The molecule has 9 nitrogen and oxygen atoms in total. The summed E-state index contributed by atoms with van der Waals surface area (Å²) in [5.41, 5.74) is 2.56. The zero-order valence-corrected chi connectivity index (χ0v) is 16.5. The normalized spacial score (nSPS) is 10.9. The highest BCUT2D eigenvalue weighted by atomic mass is 16.5. The van der Waals surface area contributed by atoms with Crippen LogP contribution in [0.3, 0.4) is 0 Å². The molecule has 152 valence electrons. The molecule has 4 rings (SSSR count). The van der Waals surface area contributed by atoms with Gasteiger partial charge in [-0.05, 0) is 24.6 Å². The number of esters is 1. The van der Waals surface area contributed by atoms with Crippen LogP contribution in [-0.4, -0.2) is 37.1 Å². The van der Waals surface area contributed by atoms with Gasteiger partial charge in [-0.2, -0.15) is 10.2 Å². The Balaban J connectivity index is 1.60. The van der Waals surface area contributed by atoms with E-state index in [1.54, 1.807) is 28.7 Å². The van der Waals surface area contributed by atoms with E-state index in [0.29, 0.717) is 23.6 Å². The largest absolute Gasteiger partial charge is 0.460 e. The van der Waals surface area contributed by atoms with Crippen LogP contribution >= 0.6 is 0 Å². The zero-order valence-electron chi connectivity index (χ0n) is 16.5. The quantitative estimate of drug-likeness (QED) is 0.454. The number of nitrogens with zero attached hydrogens (tertiary/aromatic N) is 5. The molecule has 0 fully saturated rings. The number of hydrogen-bond donors (Lipinski definition) is 0. The average molecular weight is 405 g/mol. The highest BCUT2D eigenvalue weighted by Gasteiger charge is 2.15. The molecule has 9 heteroatoms. The fraction of sp³-hybridized carbons (Fsp3) is 0.190. The van der Waals surface area contributed by atoms with Gasteiger partial charge < -0.3 is 9.15 Å². The van der Waals surface area contributed by atoms with Crippen LogP contribution in [-0.2, 0) is 18.2 Å². The van der Waals surface area contributed by atoms with Gasteiger partial charge in [0.05, 0.1) is 25.2 Å². The molecule has 30 heavy (non-hydrogen) atoms. The molecule has 0 amide bonds. The third-order valence-electron chi connectivity index (χ3n) is 4.36. The monoisotopic (exact) mass is 405 g/mol. The number of benzene rings is 1. The minimum absolute atomic E-state index is 0.0429. The average Bonchev–Trinajstić information content (AvgIpc) is 3.40. The first-order chi connectivity index (χ1) is 14.5. The molecule has 0 spiro atoms. The molecule has 0 saturated heterocycles. The van der Waals surface area contributed by atoms with E-state index in [2.05, 4.69) is 15.2 Å². The molecule has 0 aliphatic carbocycles. The highest BCUT2D eigenvalue weighted by Crippen LogP contribution is 2.21. The lowest BCUT2D eigenvalue weighted by molar-refractivity contribution is 0.0491. The van der Waals surface area contributed by atoms with E-state index in [-0.39, 0.29) is 17.8 Å². The minimum Gasteiger partial charge on any atom is -0.460 e. The third kappa shape index (κ3) is 4.04. The zero-order chi connectivity index (χ0) is 21.1. The Hall–Kier alpha value is -4.01. The second-order valence-corrected chi connectivity index (χ2v) is 6.57. The number of aryl methyl sites for hydroxylation is 1. The summed E-state index contributed by atoms with van der Waals surface area (Å²) in [4.78, 5) is 28.3. The SMILES string of the molecule is CCOC(=O)c1cnc(-c2cccc(Cc3nn(-c4cnn(C)c4)ccc3=O)c2)o1. The van der Waals surface area contributed by atoms with Gasteiger partial charge in [-0.25, -0.2) is 14.5 Å². The third-order valence-corrected chi connectivity index (χ3v) is 4.36. The van der Waals surface area contributed by atoms with Crippen molar-refractivity contribution in [1.82, 2.24) is 24.5 Å². The second-order valence-electron chi connectivity index (χ2n) is 6.57. The standard InChI is InChI=1S/C21H19N5O4/c1-3-29-21(28)19-12-22-20(30-19)15-6-4-5-14(9-15)10-17-18(27)7-8-26(24-17)16-11-23-25(2)13-16/h4-9,11-13H,3,10H2,1-2H3. The van der Waals surface area contributed by atoms with Crippen LogP contribution in [0.1, 0.15) is 28.7 Å². The number of oxazole rings is 1. The van der Waals surface area contributed by atoms with E-state index in [4.69, 9.17) is 9.15 Å². The van der Waals surface area contributed by atoms with Gasteiger partial charge in [-0.3, -0.25) is 9.48 Å². The Kier molecular flexibility index (Phi) is 5.25. The summed E-state index contributed by atoms with van der Waals surface area (Å²) < 4.78 is 13.7. The number of ether oxygens (including phenoxy) is 1. The van der Waals surface area contributed by atoms with Crippen molar-refractivity contribution < 1.29 is 13.9 Å². The summed E-state index contributed by atoms with van der Waals surface area (Å²) in [5, 5.41) is 8.58. The van der Waals surface area contributed by atoms with Crippen molar-refractivity contribution >= 4 is 5.97 Å². The molecular formula is C21H19N5O4. The molecule has 1 aromatic carbocycles. The van der Waals surface area contributed by atoms with Crippen molar-refractivity contribution in [2.45, 2.75) is 13.3 Å². The molecule has 0 radical (unpaired) electrons. The Morgan fingerprint density at radius 1 is 1.23 bits per heavy atom. The van der Waals surface area contributed by atoms with Gasteiger partial charge in [-0.15, -0.1) is 0 Å². The molecule has 3 heterocycles. The van der Waals surface area contributed by atoms with Gasteiger partial charge >= 0.3 is 5.97 Å². The molecule has 0 bridgehead atoms. The first-order valence-corrected chi connectivity index (χ1v) is 9.33. The lowest BCUT2D eigenvalue weighted by Crippen LogP contribution is -2.16. The Bertz CT molecular complexity index is 1250. The van der Waals surface area contributed by atoms with E-state index in [1.165, 1.54) is 12.3 Å². The maximum Gasteiger partial charge on any atom is 0.375 e. The Morgan fingerprint density at radius 2 is 2.10 bits per heavy atom. The van der Waals surface area contributed by atoms with Crippen molar-refractivity contribution in [2.75, 3.05) is 6.61 Å². The van der Waals surface area contributed by atoms with E-state index in [9.17, 15) is 9.59 Å². The van der Waals surface area contributed by atoms with Crippen LogP contribution < -0.4 is 5.43 Å². The summed E-state index contributed by atoms with van der Waals surface area (Å²) in [7, 11) is 1.81.